The fraction of sp³-hybridized carbons (Fsp3) is 0.583. The quantitative estimate of drug-likeness (QED) is 0.433. The third-order valence-corrected chi connectivity index (χ3v) is 3.96. The molecule has 0 amide bonds. The number of furan rings is 1. The monoisotopic (exact) mass is 302 g/mol. The number of nitrogens with zero attached hydrogens (tertiary/aromatic N) is 2. The molecular formula is C12H18N2O3S2. The van der Waals surface area contributed by atoms with Gasteiger partial charge in [0.1, 0.15) is 15.0 Å². The van der Waals surface area contributed by atoms with Gasteiger partial charge >= 0.3 is 5.88 Å². The van der Waals surface area contributed by atoms with Gasteiger partial charge in [-0.2, -0.15) is 0 Å². The molecule has 0 spiro atoms. The number of thioether (sulfide) groups is 1. The Morgan fingerprint density at radius 1 is 1.42 bits per heavy atom. The molecular weight excluding hydrogens is 284 g/mol. The Kier molecular flexibility index (Phi) is 6.86. The molecule has 1 rings (SSSR count). The van der Waals surface area contributed by atoms with Crippen molar-refractivity contribution in [1.29, 1.82) is 0 Å². The van der Waals surface area contributed by atoms with Crippen LogP contribution in [0.15, 0.2) is 16.5 Å². The summed E-state index contributed by atoms with van der Waals surface area (Å²) in [6, 6.07) is 2.99. The Hall–Kier alpha value is -1.08. The van der Waals surface area contributed by atoms with Gasteiger partial charge in [-0.1, -0.05) is 37.8 Å². The van der Waals surface area contributed by atoms with E-state index < -0.39 is 4.92 Å². The zero-order chi connectivity index (χ0) is 14.3. The van der Waals surface area contributed by atoms with Crippen LogP contribution in [0.1, 0.15) is 32.4 Å². The Labute approximate surface area is 122 Å². The largest absolute Gasteiger partial charge is 0.433 e. The summed E-state index contributed by atoms with van der Waals surface area (Å²) < 4.78 is 5.92. The van der Waals surface area contributed by atoms with Crippen molar-refractivity contribution >= 4 is 34.2 Å². The van der Waals surface area contributed by atoms with Crippen molar-refractivity contribution < 1.29 is 9.34 Å². The smallest absolute Gasteiger partial charge is 0.405 e. The topological polar surface area (TPSA) is 59.5 Å². The van der Waals surface area contributed by atoms with Gasteiger partial charge in [0, 0.05) is 13.1 Å². The molecule has 106 valence electrons. The van der Waals surface area contributed by atoms with Crippen LogP contribution < -0.4 is 0 Å². The van der Waals surface area contributed by atoms with E-state index in [9.17, 15) is 10.1 Å². The van der Waals surface area contributed by atoms with Crippen LogP contribution in [0.2, 0.25) is 0 Å². The fourth-order valence-electron chi connectivity index (χ4n) is 1.60. The van der Waals surface area contributed by atoms with E-state index >= 15 is 0 Å². The summed E-state index contributed by atoms with van der Waals surface area (Å²) in [6.07, 6.45) is 2.10. The van der Waals surface area contributed by atoms with Gasteiger partial charge in [-0.3, -0.25) is 10.1 Å². The number of nitro groups is 1. The second kappa shape index (κ2) is 8.16. The minimum atomic E-state index is -0.535. The summed E-state index contributed by atoms with van der Waals surface area (Å²) in [7, 11) is 0. The molecule has 0 aromatic carbocycles. The summed E-state index contributed by atoms with van der Waals surface area (Å²) in [5.74, 6) is 0.879. The highest BCUT2D eigenvalue weighted by Crippen LogP contribution is 2.22. The van der Waals surface area contributed by atoms with Crippen LogP contribution >= 0.6 is 24.0 Å². The summed E-state index contributed by atoms with van der Waals surface area (Å²) in [6.45, 7) is 6.12. The molecule has 1 aromatic heterocycles. The summed E-state index contributed by atoms with van der Waals surface area (Å²) in [5.41, 5.74) is 0. The zero-order valence-electron chi connectivity index (χ0n) is 11.1. The molecule has 0 aliphatic carbocycles. The maximum absolute atomic E-state index is 10.5. The standard InChI is InChI=1S/C12H18N2O3S2/c1-3-7-13(8-4-2)12(18)19-9-10-5-6-11(17-10)14(15)16/h5-6H,3-4,7-9H2,1-2H3. The van der Waals surface area contributed by atoms with E-state index in [1.165, 1.54) is 17.8 Å². The minimum Gasteiger partial charge on any atom is -0.405 e. The van der Waals surface area contributed by atoms with Gasteiger partial charge in [-0.15, -0.1) is 0 Å². The Morgan fingerprint density at radius 3 is 2.53 bits per heavy atom. The molecule has 1 heterocycles. The Bertz CT molecular complexity index is 428. The van der Waals surface area contributed by atoms with Crippen LogP contribution in [0.5, 0.6) is 0 Å². The van der Waals surface area contributed by atoms with Crippen LogP contribution in [0, 0.1) is 10.1 Å². The highest BCUT2D eigenvalue weighted by molar-refractivity contribution is 8.22. The lowest BCUT2D eigenvalue weighted by molar-refractivity contribution is -0.402. The maximum Gasteiger partial charge on any atom is 0.433 e. The second-order valence-corrected chi connectivity index (χ2v) is 5.65. The van der Waals surface area contributed by atoms with Gasteiger partial charge < -0.3 is 9.32 Å². The average molecular weight is 302 g/mol. The lowest BCUT2D eigenvalue weighted by Gasteiger charge is -2.23. The SMILES string of the molecule is CCCN(CCC)C(=S)SCc1ccc([N+](=O)[O-])o1. The molecule has 0 unspecified atom stereocenters. The van der Waals surface area contributed by atoms with Crippen LogP contribution in [-0.2, 0) is 5.75 Å². The molecule has 5 nitrogen and oxygen atoms in total. The molecule has 0 saturated heterocycles. The van der Waals surface area contributed by atoms with E-state index in [4.69, 9.17) is 16.6 Å². The molecule has 0 radical (unpaired) electrons. The maximum atomic E-state index is 10.5. The highest BCUT2D eigenvalue weighted by atomic mass is 32.2. The number of thiocarbonyl (C=S) groups is 1. The zero-order valence-corrected chi connectivity index (χ0v) is 12.8. The van der Waals surface area contributed by atoms with Crippen molar-refractivity contribution in [3.8, 4) is 0 Å². The van der Waals surface area contributed by atoms with E-state index in [1.54, 1.807) is 6.07 Å². The first kappa shape index (κ1) is 16.0. The summed E-state index contributed by atoms with van der Waals surface area (Å²) in [5, 5.41) is 10.5. The van der Waals surface area contributed by atoms with Gasteiger partial charge in [0.2, 0.25) is 0 Å². The van der Waals surface area contributed by atoms with Gasteiger partial charge in [0.25, 0.3) is 0 Å². The van der Waals surface area contributed by atoms with Crippen molar-refractivity contribution in [2.24, 2.45) is 0 Å². The molecule has 0 saturated carbocycles. The molecule has 0 bridgehead atoms. The van der Waals surface area contributed by atoms with Crippen LogP contribution in [0.25, 0.3) is 0 Å². The number of rotatable bonds is 7. The van der Waals surface area contributed by atoms with Crippen molar-refractivity contribution in [3.05, 3.63) is 28.0 Å². The predicted octanol–water partition coefficient (Wildman–Crippen LogP) is 3.83. The molecule has 7 heteroatoms. The van der Waals surface area contributed by atoms with Crippen molar-refractivity contribution in [3.63, 3.8) is 0 Å². The number of hydrogen-bond acceptors (Lipinski definition) is 5. The van der Waals surface area contributed by atoms with Crippen LogP contribution in [0.3, 0.4) is 0 Å². The molecule has 19 heavy (non-hydrogen) atoms. The Balaban J connectivity index is 2.49. The highest BCUT2D eigenvalue weighted by Gasteiger charge is 2.14. The second-order valence-electron chi connectivity index (χ2n) is 4.04. The van der Waals surface area contributed by atoms with E-state index in [-0.39, 0.29) is 5.88 Å². The first-order chi connectivity index (χ1) is 9.08. The predicted molar refractivity (Wildman–Crippen MR) is 81.4 cm³/mol. The van der Waals surface area contributed by atoms with Crippen molar-refractivity contribution in [1.82, 2.24) is 4.90 Å². The summed E-state index contributed by atoms with van der Waals surface area (Å²) >= 11 is 6.86. The molecule has 1 aromatic rings. The first-order valence-electron chi connectivity index (χ1n) is 6.23. The third-order valence-electron chi connectivity index (χ3n) is 2.41. The van der Waals surface area contributed by atoms with Crippen LogP contribution in [0.4, 0.5) is 5.88 Å². The lowest BCUT2D eigenvalue weighted by Crippen LogP contribution is -2.29. The molecule has 0 N–H and O–H groups in total. The molecule has 0 aliphatic heterocycles. The lowest BCUT2D eigenvalue weighted by atomic mass is 10.4. The van der Waals surface area contributed by atoms with Gasteiger partial charge in [0.15, 0.2) is 0 Å². The first-order valence-corrected chi connectivity index (χ1v) is 7.62. The van der Waals surface area contributed by atoms with E-state index in [2.05, 4.69) is 18.7 Å². The van der Waals surface area contributed by atoms with Gasteiger partial charge in [-0.05, 0) is 18.9 Å². The fourth-order valence-corrected chi connectivity index (χ4v) is 2.75. The third kappa shape index (κ3) is 5.20. The van der Waals surface area contributed by atoms with Gasteiger partial charge in [0.05, 0.1) is 11.8 Å². The molecule has 0 aliphatic rings. The normalized spacial score (nSPS) is 10.4. The van der Waals surface area contributed by atoms with E-state index in [0.29, 0.717) is 11.5 Å². The van der Waals surface area contributed by atoms with E-state index in [0.717, 1.165) is 30.3 Å². The molecule has 0 atom stereocenters. The van der Waals surface area contributed by atoms with Crippen molar-refractivity contribution in [2.45, 2.75) is 32.4 Å². The summed E-state index contributed by atoms with van der Waals surface area (Å²) in [4.78, 5) is 12.1. The van der Waals surface area contributed by atoms with Crippen molar-refractivity contribution in [2.75, 3.05) is 13.1 Å². The number of hydrogen-bond donors (Lipinski definition) is 0. The van der Waals surface area contributed by atoms with Gasteiger partial charge in [-0.25, -0.2) is 0 Å². The Morgan fingerprint density at radius 2 is 2.05 bits per heavy atom. The minimum absolute atomic E-state index is 0.222. The van der Waals surface area contributed by atoms with Crippen LogP contribution in [-0.4, -0.2) is 27.2 Å². The van der Waals surface area contributed by atoms with E-state index in [1.807, 2.05) is 0 Å². The average Bonchev–Trinajstić information content (AvgIpc) is 2.84. The molecule has 0 fully saturated rings.